The van der Waals surface area contributed by atoms with Crippen LogP contribution in [0, 0.1) is 0 Å². The summed E-state index contributed by atoms with van der Waals surface area (Å²) in [5.41, 5.74) is 4.94. The molecule has 4 heteroatoms. The van der Waals surface area contributed by atoms with Crippen molar-refractivity contribution in [2.45, 2.75) is 36.0 Å². The monoisotopic (exact) mass is 495 g/mol. The molecule has 0 bridgehead atoms. The van der Waals surface area contributed by atoms with Crippen LogP contribution in [0.1, 0.15) is 23.6 Å². The van der Waals surface area contributed by atoms with E-state index in [0.717, 1.165) is 36.4 Å². The second-order valence-electron chi connectivity index (χ2n) is 8.68. The van der Waals surface area contributed by atoms with Gasteiger partial charge in [-0.15, -0.1) is 0 Å². The van der Waals surface area contributed by atoms with Crippen LogP contribution in [-0.2, 0) is 28.8 Å². The van der Waals surface area contributed by atoms with Gasteiger partial charge < -0.3 is 9.64 Å². The standard InChI is InChI=1S/C32H33NO2S/c1-2-35-32(34)25-28-13-17-30(18-14-28)36-31-19-15-29(16-20-31)33(23-21-26-9-5-3-6-10-26)24-22-27-11-7-4-8-12-27/h3-20H,2,21-25H2,1H3. The molecule has 4 aromatic rings. The van der Waals surface area contributed by atoms with Gasteiger partial charge in [-0.05, 0) is 72.9 Å². The third kappa shape index (κ3) is 8.03. The summed E-state index contributed by atoms with van der Waals surface area (Å²) < 4.78 is 5.04. The Balaban J connectivity index is 1.39. The van der Waals surface area contributed by atoms with Crippen LogP contribution in [0.15, 0.2) is 119 Å². The van der Waals surface area contributed by atoms with Gasteiger partial charge >= 0.3 is 5.97 Å². The Morgan fingerprint density at radius 1 is 0.667 bits per heavy atom. The van der Waals surface area contributed by atoms with Crippen LogP contribution < -0.4 is 4.90 Å². The molecule has 0 aliphatic carbocycles. The molecule has 0 aromatic heterocycles. The molecule has 0 atom stereocenters. The molecule has 0 aliphatic heterocycles. The number of esters is 1. The Morgan fingerprint density at radius 2 is 1.17 bits per heavy atom. The van der Waals surface area contributed by atoms with Gasteiger partial charge in [0, 0.05) is 28.6 Å². The molecule has 0 aliphatic rings. The van der Waals surface area contributed by atoms with E-state index in [-0.39, 0.29) is 5.97 Å². The summed E-state index contributed by atoms with van der Waals surface area (Å²) in [4.78, 5) is 16.5. The van der Waals surface area contributed by atoms with Gasteiger partial charge in [-0.2, -0.15) is 0 Å². The first-order valence-electron chi connectivity index (χ1n) is 12.5. The molecule has 0 N–H and O–H groups in total. The highest BCUT2D eigenvalue weighted by atomic mass is 32.2. The van der Waals surface area contributed by atoms with Crippen molar-refractivity contribution < 1.29 is 9.53 Å². The van der Waals surface area contributed by atoms with Crippen LogP contribution in [0.4, 0.5) is 5.69 Å². The minimum Gasteiger partial charge on any atom is -0.466 e. The number of hydrogen-bond donors (Lipinski definition) is 0. The van der Waals surface area contributed by atoms with Gasteiger partial charge in [-0.1, -0.05) is 84.6 Å². The molecular formula is C32H33NO2S. The summed E-state index contributed by atoms with van der Waals surface area (Å²) in [5.74, 6) is -0.183. The number of carbonyl (C=O) groups is 1. The van der Waals surface area contributed by atoms with E-state index >= 15 is 0 Å². The van der Waals surface area contributed by atoms with E-state index in [1.54, 1.807) is 11.8 Å². The first-order valence-corrected chi connectivity index (χ1v) is 13.4. The second-order valence-corrected chi connectivity index (χ2v) is 9.83. The zero-order valence-corrected chi connectivity index (χ0v) is 21.6. The fourth-order valence-corrected chi connectivity index (χ4v) is 4.92. The van der Waals surface area contributed by atoms with Crippen LogP contribution in [-0.4, -0.2) is 25.7 Å². The van der Waals surface area contributed by atoms with E-state index in [9.17, 15) is 4.79 Å². The molecule has 0 saturated heterocycles. The minimum absolute atomic E-state index is 0.183. The zero-order chi connectivity index (χ0) is 25.0. The van der Waals surface area contributed by atoms with Gasteiger partial charge in [0.25, 0.3) is 0 Å². The molecule has 0 heterocycles. The van der Waals surface area contributed by atoms with Crippen molar-refractivity contribution in [1.29, 1.82) is 0 Å². The van der Waals surface area contributed by atoms with Crippen molar-refractivity contribution in [3.63, 3.8) is 0 Å². The van der Waals surface area contributed by atoms with Crippen LogP contribution in [0.2, 0.25) is 0 Å². The van der Waals surface area contributed by atoms with E-state index in [1.807, 2.05) is 19.1 Å². The predicted octanol–water partition coefficient (Wildman–Crippen LogP) is 7.24. The Bertz CT molecular complexity index is 1150. The van der Waals surface area contributed by atoms with Gasteiger partial charge in [0.05, 0.1) is 13.0 Å². The van der Waals surface area contributed by atoms with Crippen LogP contribution >= 0.6 is 11.8 Å². The van der Waals surface area contributed by atoms with Gasteiger partial charge in [-0.25, -0.2) is 0 Å². The number of rotatable bonds is 12. The average Bonchev–Trinajstić information content (AvgIpc) is 2.92. The topological polar surface area (TPSA) is 29.5 Å². The highest BCUT2D eigenvalue weighted by Crippen LogP contribution is 2.30. The summed E-state index contributed by atoms with van der Waals surface area (Å²) in [6.45, 7) is 4.20. The summed E-state index contributed by atoms with van der Waals surface area (Å²) in [5, 5.41) is 0. The van der Waals surface area contributed by atoms with Crippen molar-refractivity contribution in [3.8, 4) is 0 Å². The highest BCUT2D eigenvalue weighted by molar-refractivity contribution is 7.99. The molecular weight excluding hydrogens is 462 g/mol. The number of nitrogens with zero attached hydrogens (tertiary/aromatic N) is 1. The second kappa shape index (κ2) is 13.6. The highest BCUT2D eigenvalue weighted by Gasteiger charge is 2.09. The normalized spacial score (nSPS) is 10.7. The van der Waals surface area contributed by atoms with E-state index in [4.69, 9.17) is 4.74 Å². The van der Waals surface area contributed by atoms with Gasteiger partial charge in [-0.3, -0.25) is 4.79 Å². The summed E-state index contributed by atoms with van der Waals surface area (Å²) in [6, 6.07) is 38.4. The van der Waals surface area contributed by atoms with E-state index in [1.165, 1.54) is 21.7 Å². The maximum atomic E-state index is 11.7. The molecule has 184 valence electrons. The summed E-state index contributed by atoms with van der Waals surface area (Å²) >= 11 is 1.73. The third-order valence-electron chi connectivity index (χ3n) is 6.04. The Morgan fingerprint density at radius 3 is 1.67 bits per heavy atom. The fourth-order valence-electron chi connectivity index (χ4n) is 4.10. The SMILES string of the molecule is CCOC(=O)Cc1ccc(Sc2ccc(N(CCc3ccccc3)CCc3ccccc3)cc2)cc1. The largest absolute Gasteiger partial charge is 0.466 e. The maximum Gasteiger partial charge on any atom is 0.310 e. The van der Waals surface area contributed by atoms with Crippen molar-refractivity contribution in [1.82, 2.24) is 0 Å². The number of ether oxygens (including phenoxy) is 1. The number of benzene rings is 4. The average molecular weight is 496 g/mol. The number of hydrogen-bond acceptors (Lipinski definition) is 4. The van der Waals surface area contributed by atoms with Crippen molar-refractivity contribution in [2.24, 2.45) is 0 Å². The molecule has 0 spiro atoms. The molecule has 0 unspecified atom stereocenters. The third-order valence-corrected chi connectivity index (χ3v) is 7.06. The number of anilines is 1. The molecule has 4 aromatic carbocycles. The molecule has 36 heavy (non-hydrogen) atoms. The molecule has 0 amide bonds. The Labute approximate surface area is 219 Å². The summed E-state index contributed by atoms with van der Waals surface area (Å²) in [6.07, 6.45) is 2.35. The minimum atomic E-state index is -0.183. The van der Waals surface area contributed by atoms with Crippen molar-refractivity contribution >= 4 is 23.4 Å². The van der Waals surface area contributed by atoms with E-state index in [2.05, 4.69) is 102 Å². The molecule has 0 saturated carbocycles. The lowest BCUT2D eigenvalue weighted by molar-refractivity contribution is -0.142. The predicted molar refractivity (Wildman–Crippen MR) is 150 cm³/mol. The maximum absolute atomic E-state index is 11.7. The molecule has 0 fully saturated rings. The molecule has 3 nitrogen and oxygen atoms in total. The molecule has 4 rings (SSSR count). The lowest BCUT2D eigenvalue weighted by Crippen LogP contribution is -2.28. The lowest BCUT2D eigenvalue weighted by Gasteiger charge is -2.25. The number of carbonyl (C=O) groups excluding carboxylic acids is 1. The molecule has 0 radical (unpaired) electrons. The van der Waals surface area contributed by atoms with Gasteiger partial charge in [0.2, 0.25) is 0 Å². The van der Waals surface area contributed by atoms with Crippen molar-refractivity contribution in [2.75, 3.05) is 24.6 Å². The summed E-state index contributed by atoms with van der Waals surface area (Å²) in [7, 11) is 0. The van der Waals surface area contributed by atoms with Crippen LogP contribution in [0.3, 0.4) is 0 Å². The fraction of sp³-hybridized carbons (Fsp3) is 0.219. The Hall–Kier alpha value is -3.50. The zero-order valence-electron chi connectivity index (χ0n) is 20.8. The quantitative estimate of drug-likeness (QED) is 0.194. The van der Waals surface area contributed by atoms with Crippen LogP contribution in [0.5, 0.6) is 0 Å². The lowest BCUT2D eigenvalue weighted by atomic mass is 10.1. The van der Waals surface area contributed by atoms with Gasteiger partial charge in [0.15, 0.2) is 0 Å². The Kier molecular flexibility index (Phi) is 9.63. The van der Waals surface area contributed by atoms with Gasteiger partial charge in [0.1, 0.15) is 0 Å². The van der Waals surface area contributed by atoms with E-state index in [0.29, 0.717) is 13.0 Å². The first-order chi connectivity index (χ1) is 17.7. The van der Waals surface area contributed by atoms with E-state index < -0.39 is 0 Å². The van der Waals surface area contributed by atoms with Crippen molar-refractivity contribution in [3.05, 3.63) is 126 Å². The smallest absolute Gasteiger partial charge is 0.310 e. The first kappa shape index (κ1) is 25.6. The van der Waals surface area contributed by atoms with Crippen LogP contribution in [0.25, 0.3) is 0 Å².